The molecule has 0 spiro atoms. The molecule has 0 aliphatic carbocycles. The van der Waals surface area contributed by atoms with Gasteiger partial charge in [-0.05, 0) is 24.1 Å². The van der Waals surface area contributed by atoms with Gasteiger partial charge in [0.2, 0.25) is 0 Å². The molecule has 0 amide bonds. The molecule has 3 aromatic rings. The molecule has 0 bridgehead atoms. The Kier molecular flexibility index (Phi) is 4.96. The van der Waals surface area contributed by atoms with Gasteiger partial charge in [0.15, 0.2) is 5.76 Å². The highest BCUT2D eigenvalue weighted by Gasteiger charge is 2.12. The van der Waals surface area contributed by atoms with Crippen LogP contribution >= 0.6 is 12.4 Å². The number of rotatable bonds is 4. The molecule has 4 nitrogen and oxygen atoms in total. The van der Waals surface area contributed by atoms with Crippen LogP contribution in [0.1, 0.15) is 5.56 Å². The third-order valence-corrected chi connectivity index (χ3v) is 3.31. The highest BCUT2D eigenvalue weighted by molar-refractivity contribution is 5.91. The van der Waals surface area contributed by atoms with Crippen LogP contribution in [0.4, 0.5) is 0 Å². The normalized spacial score (nSPS) is 12.1. The molecule has 0 saturated carbocycles. The van der Waals surface area contributed by atoms with E-state index < -0.39 is 0 Å². The number of aromatic nitrogens is 1. The number of hydrogen-bond acceptors (Lipinski definition) is 4. The summed E-state index contributed by atoms with van der Waals surface area (Å²) in [6.45, 7) is -0.0206. The number of hydrogen-bond donors (Lipinski definition) is 2. The standard InChI is InChI=1S/C16H16N2O2.ClH/c17-13(10-19)8-11-6-7-15-14(9-11)16(20-18-15)12-4-2-1-3-5-12;/h1-7,9,13,19H,8,10,17H2;1H. The second kappa shape index (κ2) is 6.72. The largest absolute Gasteiger partial charge is 0.395 e. The molecule has 110 valence electrons. The number of aliphatic hydroxyl groups is 1. The van der Waals surface area contributed by atoms with Crippen molar-refractivity contribution < 1.29 is 9.63 Å². The summed E-state index contributed by atoms with van der Waals surface area (Å²) < 4.78 is 5.46. The van der Waals surface area contributed by atoms with Crippen LogP contribution in [-0.2, 0) is 6.42 Å². The second-order valence-electron chi connectivity index (χ2n) is 4.88. The van der Waals surface area contributed by atoms with Gasteiger partial charge in [-0.15, -0.1) is 12.4 Å². The van der Waals surface area contributed by atoms with E-state index in [0.29, 0.717) is 6.42 Å². The van der Waals surface area contributed by atoms with Gasteiger partial charge < -0.3 is 15.4 Å². The first-order chi connectivity index (χ1) is 9.78. The molecule has 1 heterocycles. The Labute approximate surface area is 129 Å². The molecule has 0 aliphatic rings. The number of halogens is 1. The van der Waals surface area contributed by atoms with Crippen LogP contribution in [0.25, 0.3) is 22.2 Å². The van der Waals surface area contributed by atoms with Crippen molar-refractivity contribution in [1.82, 2.24) is 5.16 Å². The van der Waals surface area contributed by atoms with E-state index in [1.165, 1.54) is 0 Å². The van der Waals surface area contributed by atoms with Gasteiger partial charge in [0.25, 0.3) is 0 Å². The Hall–Kier alpha value is -1.88. The summed E-state index contributed by atoms with van der Waals surface area (Å²) in [5.41, 5.74) is 8.68. The maximum absolute atomic E-state index is 9.05. The molecule has 0 fully saturated rings. The number of nitrogens with two attached hydrogens (primary N) is 1. The molecular formula is C16H17ClN2O2. The zero-order valence-corrected chi connectivity index (χ0v) is 12.2. The first-order valence-electron chi connectivity index (χ1n) is 6.58. The molecule has 2 aromatic carbocycles. The molecule has 1 aromatic heterocycles. The summed E-state index contributed by atoms with van der Waals surface area (Å²) in [6.07, 6.45) is 0.631. The van der Waals surface area contributed by atoms with Crippen LogP contribution in [0.2, 0.25) is 0 Å². The molecule has 0 aliphatic heterocycles. The van der Waals surface area contributed by atoms with Gasteiger partial charge in [0.05, 0.1) is 6.61 Å². The van der Waals surface area contributed by atoms with E-state index in [9.17, 15) is 0 Å². The van der Waals surface area contributed by atoms with Crippen LogP contribution in [0.15, 0.2) is 53.1 Å². The van der Waals surface area contributed by atoms with Gasteiger partial charge in [-0.1, -0.05) is 41.6 Å². The van der Waals surface area contributed by atoms with E-state index in [0.717, 1.165) is 27.8 Å². The summed E-state index contributed by atoms with van der Waals surface area (Å²) in [4.78, 5) is 0. The maximum Gasteiger partial charge on any atom is 0.174 e. The summed E-state index contributed by atoms with van der Waals surface area (Å²) in [5, 5.41) is 14.1. The molecule has 5 heteroatoms. The topological polar surface area (TPSA) is 72.3 Å². The lowest BCUT2D eigenvalue weighted by molar-refractivity contribution is 0.265. The Morgan fingerprint density at radius 1 is 1.14 bits per heavy atom. The lowest BCUT2D eigenvalue weighted by Gasteiger charge is -2.07. The van der Waals surface area contributed by atoms with Crippen LogP contribution in [0.3, 0.4) is 0 Å². The number of fused-ring (bicyclic) bond motifs is 1. The van der Waals surface area contributed by atoms with Crippen LogP contribution in [-0.4, -0.2) is 22.9 Å². The smallest absolute Gasteiger partial charge is 0.174 e. The van der Waals surface area contributed by atoms with Crippen molar-refractivity contribution in [3.63, 3.8) is 0 Å². The van der Waals surface area contributed by atoms with Gasteiger partial charge in [0.1, 0.15) is 5.52 Å². The number of benzene rings is 2. The SMILES string of the molecule is Cl.NC(CO)Cc1ccc2noc(-c3ccccc3)c2c1. The molecule has 0 radical (unpaired) electrons. The summed E-state index contributed by atoms with van der Waals surface area (Å²) >= 11 is 0. The fourth-order valence-corrected chi connectivity index (χ4v) is 2.28. The molecule has 0 saturated heterocycles. The monoisotopic (exact) mass is 304 g/mol. The quantitative estimate of drug-likeness (QED) is 0.777. The Morgan fingerprint density at radius 3 is 2.62 bits per heavy atom. The van der Waals surface area contributed by atoms with E-state index >= 15 is 0 Å². The van der Waals surface area contributed by atoms with Gasteiger partial charge in [-0.3, -0.25) is 0 Å². The average Bonchev–Trinajstić information content (AvgIpc) is 2.91. The van der Waals surface area contributed by atoms with Crippen molar-refractivity contribution in [1.29, 1.82) is 0 Å². The Morgan fingerprint density at radius 2 is 1.90 bits per heavy atom. The number of aliphatic hydroxyl groups excluding tert-OH is 1. The minimum Gasteiger partial charge on any atom is -0.395 e. The average molecular weight is 305 g/mol. The minimum absolute atomic E-state index is 0. The van der Waals surface area contributed by atoms with Gasteiger partial charge in [0, 0.05) is 17.0 Å². The predicted octanol–water partition coefficient (Wildman–Crippen LogP) is 2.78. The first-order valence-corrected chi connectivity index (χ1v) is 6.58. The summed E-state index contributed by atoms with van der Waals surface area (Å²) in [5.74, 6) is 0.764. The van der Waals surface area contributed by atoms with Crippen molar-refractivity contribution in [3.8, 4) is 11.3 Å². The van der Waals surface area contributed by atoms with Crippen LogP contribution < -0.4 is 5.73 Å². The predicted molar refractivity (Wildman–Crippen MR) is 85.5 cm³/mol. The highest BCUT2D eigenvalue weighted by atomic mass is 35.5. The van der Waals surface area contributed by atoms with Crippen LogP contribution in [0, 0.1) is 0 Å². The van der Waals surface area contributed by atoms with E-state index in [1.807, 2.05) is 48.5 Å². The summed E-state index contributed by atoms with van der Waals surface area (Å²) in [7, 11) is 0. The fraction of sp³-hybridized carbons (Fsp3) is 0.188. The minimum atomic E-state index is -0.243. The van der Waals surface area contributed by atoms with E-state index in [1.54, 1.807) is 0 Å². The highest BCUT2D eigenvalue weighted by Crippen LogP contribution is 2.29. The van der Waals surface area contributed by atoms with Crippen LogP contribution in [0.5, 0.6) is 0 Å². The molecular weight excluding hydrogens is 288 g/mol. The van der Waals surface area contributed by atoms with Gasteiger partial charge in [-0.2, -0.15) is 0 Å². The van der Waals surface area contributed by atoms with Gasteiger partial charge in [-0.25, -0.2) is 0 Å². The molecule has 21 heavy (non-hydrogen) atoms. The van der Waals surface area contributed by atoms with Crippen molar-refractivity contribution in [2.24, 2.45) is 5.73 Å². The third-order valence-electron chi connectivity index (χ3n) is 3.31. The molecule has 3 N–H and O–H groups in total. The molecule has 1 atom stereocenters. The Bertz CT molecular complexity index is 713. The molecule has 3 rings (SSSR count). The zero-order chi connectivity index (χ0) is 13.9. The lowest BCUT2D eigenvalue weighted by atomic mass is 10.0. The van der Waals surface area contributed by atoms with E-state index in [2.05, 4.69) is 5.16 Å². The first kappa shape index (κ1) is 15.5. The fourth-order valence-electron chi connectivity index (χ4n) is 2.28. The third kappa shape index (κ3) is 3.24. The second-order valence-corrected chi connectivity index (χ2v) is 4.88. The van der Waals surface area contributed by atoms with E-state index in [4.69, 9.17) is 15.4 Å². The van der Waals surface area contributed by atoms with Crippen molar-refractivity contribution in [3.05, 3.63) is 54.1 Å². The molecule has 1 unspecified atom stereocenters. The number of nitrogens with zero attached hydrogens (tertiary/aromatic N) is 1. The van der Waals surface area contributed by atoms with Crippen molar-refractivity contribution >= 4 is 23.3 Å². The van der Waals surface area contributed by atoms with Crippen molar-refractivity contribution in [2.75, 3.05) is 6.61 Å². The lowest BCUT2D eigenvalue weighted by Crippen LogP contribution is -2.26. The van der Waals surface area contributed by atoms with Crippen molar-refractivity contribution in [2.45, 2.75) is 12.5 Å². The maximum atomic E-state index is 9.05. The zero-order valence-electron chi connectivity index (χ0n) is 11.4. The summed E-state index contributed by atoms with van der Waals surface area (Å²) in [6, 6.07) is 15.6. The van der Waals surface area contributed by atoms with Gasteiger partial charge >= 0.3 is 0 Å². The van der Waals surface area contributed by atoms with E-state index in [-0.39, 0.29) is 25.1 Å². The Balaban J connectivity index is 0.00000161.